The Hall–Kier alpha value is -3.40. The average molecular weight is 489 g/mol. The van der Waals surface area contributed by atoms with Gasteiger partial charge in [-0.25, -0.2) is 9.18 Å². The second-order valence-electron chi connectivity index (χ2n) is 9.90. The molecule has 0 atom stereocenters. The number of ether oxygens (including phenoxy) is 2. The standard InChI is InChI=1S/C32H37FO3/c1-8-12-25-27(20(2)3)18-28(21(4)5)31(32(34)36-22(6)7)30(25)26-16-15-24(33)17-29(26)35-19-23-13-10-9-11-14-23/h8-18,20-22H,19H2,1-7H3/b12-8-. The lowest BCUT2D eigenvalue weighted by atomic mass is 9.81. The van der Waals surface area contributed by atoms with Gasteiger partial charge in [0.05, 0.1) is 11.7 Å². The minimum absolute atomic E-state index is 0.0738. The van der Waals surface area contributed by atoms with Gasteiger partial charge < -0.3 is 9.47 Å². The second kappa shape index (κ2) is 12.0. The zero-order valence-electron chi connectivity index (χ0n) is 22.4. The van der Waals surface area contributed by atoms with Gasteiger partial charge in [-0.2, -0.15) is 0 Å². The number of esters is 1. The molecule has 3 nitrogen and oxygen atoms in total. The normalized spacial score (nSPS) is 11.6. The van der Waals surface area contributed by atoms with Crippen LogP contribution in [0.2, 0.25) is 0 Å². The highest BCUT2D eigenvalue weighted by Gasteiger charge is 2.28. The number of allylic oxidation sites excluding steroid dienone is 1. The first kappa shape index (κ1) is 27.2. The number of rotatable bonds is 9. The molecule has 0 radical (unpaired) electrons. The third-order valence-corrected chi connectivity index (χ3v) is 6.00. The van der Waals surface area contributed by atoms with E-state index in [0.29, 0.717) is 16.9 Å². The lowest BCUT2D eigenvalue weighted by molar-refractivity contribution is 0.0377. The third kappa shape index (κ3) is 6.23. The summed E-state index contributed by atoms with van der Waals surface area (Å²) >= 11 is 0. The van der Waals surface area contributed by atoms with E-state index < -0.39 is 5.82 Å². The van der Waals surface area contributed by atoms with E-state index in [1.54, 1.807) is 6.07 Å². The molecule has 190 valence electrons. The first-order chi connectivity index (χ1) is 17.1. The van der Waals surface area contributed by atoms with Crippen LogP contribution in [0.4, 0.5) is 4.39 Å². The molecule has 0 aliphatic heterocycles. The Morgan fingerprint density at radius 1 is 0.917 bits per heavy atom. The molecule has 0 aliphatic rings. The zero-order valence-corrected chi connectivity index (χ0v) is 22.4. The van der Waals surface area contributed by atoms with Crippen molar-refractivity contribution >= 4 is 12.0 Å². The predicted molar refractivity (Wildman–Crippen MR) is 146 cm³/mol. The Labute approximate surface area is 215 Å². The molecule has 0 bridgehead atoms. The molecular formula is C32H37FO3. The van der Waals surface area contributed by atoms with E-state index in [-0.39, 0.29) is 30.5 Å². The molecule has 3 aromatic rings. The van der Waals surface area contributed by atoms with Gasteiger partial charge in [-0.3, -0.25) is 0 Å². The van der Waals surface area contributed by atoms with Crippen molar-refractivity contribution in [2.24, 2.45) is 0 Å². The van der Waals surface area contributed by atoms with Crippen molar-refractivity contribution < 1.29 is 18.7 Å². The van der Waals surface area contributed by atoms with Gasteiger partial charge in [-0.1, -0.05) is 76.2 Å². The van der Waals surface area contributed by atoms with Gasteiger partial charge in [-0.05, 0) is 67.0 Å². The summed E-state index contributed by atoms with van der Waals surface area (Å²) in [7, 11) is 0. The Kier molecular flexibility index (Phi) is 9.08. The maximum Gasteiger partial charge on any atom is 0.339 e. The molecular weight excluding hydrogens is 451 g/mol. The van der Waals surface area contributed by atoms with Crippen molar-refractivity contribution in [1.29, 1.82) is 0 Å². The first-order valence-corrected chi connectivity index (χ1v) is 12.6. The average Bonchev–Trinajstić information content (AvgIpc) is 2.82. The van der Waals surface area contributed by atoms with Gasteiger partial charge in [-0.15, -0.1) is 0 Å². The van der Waals surface area contributed by atoms with Crippen LogP contribution in [0, 0.1) is 5.82 Å². The fraction of sp³-hybridized carbons (Fsp3) is 0.344. The number of halogens is 1. The lowest BCUT2D eigenvalue weighted by Gasteiger charge is -2.25. The van der Waals surface area contributed by atoms with Crippen LogP contribution in [-0.4, -0.2) is 12.1 Å². The van der Waals surface area contributed by atoms with Gasteiger partial charge in [0.2, 0.25) is 0 Å². The summed E-state index contributed by atoms with van der Waals surface area (Å²) in [6.45, 7) is 14.3. The van der Waals surface area contributed by atoms with E-state index in [2.05, 4.69) is 33.8 Å². The smallest absolute Gasteiger partial charge is 0.339 e. The monoisotopic (exact) mass is 488 g/mol. The number of hydrogen-bond donors (Lipinski definition) is 0. The first-order valence-electron chi connectivity index (χ1n) is 12.6. The van der Waals surface area contributed by atoms with Crippen molar-refractivity contribution in [3.63, 3.8) is 0 Å². The minimum atomic E-state index is -0.398. The molecule has 0 heterocycles. The molecule has 3 aromatic carbocycles. The fourth-order valence-electron chi connectivity index (χ4n) is 4.35. The summed E-state index contributed by atoms with van der Waals surface area (Å²) in [6.07, 6.45) is 3.71. The van der Waals surface area contributed by atoms with Crippen LogP contribution < -0.4 is 4.74 Å². The van der Waals surface area contributed by atoms with E-state index >= 15 is 0 Å². The number of benzene rings is 3. The number of carbonyl (C=O) groups is 1. The molecule has 0 saturated heterocycles. The highest BCUT2D eigenvalue weighted by molar-refractivity contribution is 6.03. The molecule has 0 amide bonds. The zero-order chi connectivity index (χ0) is 26.4. The molecule has 3 rings (SSSR count). The Bertz CT molecular complexity index is 1220. The highest BCUT2D eigenvalue weighted by Crippen LogP contribution is 2.43. The van der Waals surface area contributed by atoms with Gasteiger partial charge in [0.15, 0.2) is 0 Å². The van der Waals surface area contributed by atoms with Crippen LogP contribution in [0.5, 0.6) is 5.75 Å². The summed E-state index contributed by atoms with van der Waals surface area (Å²) in [4.78, 5) is 13.6. The van der Waals surface area contributed by atoms with Gasteiger partial charge in [0, 0.05) is 17.2 Å². The quantitative estimate of drug-likeness (QED) is 0.282. The number of hydrogen-bond acceptors (Lipinski definition) is 3. The summed E-state index contributed by atoms with van der Waals surface area (Å²) in [6, 6.07) is 16.4. The number of carbonyl (C=O) groups excluding carboxylic acids is 1. The van der Waals surface area contributed by atoms with Crippen LogP contribution in [0.15, 0.2) is 60.7 Å². The lowest BCUT2D eigenvalue weighted by Crippen LogP contribution is -2.17. The summed E-state index contributed by atoms with van der Waals surface area (Å²) in [5.41, 5.74) is 5.81. The van der Waals surface area contributed by atoms with Crippen molar-refractivity contribution in [3.8, 4) is 16.9 Å². The van der Waals surface area contributed by atoms with Crippen LogP contribution >= 0.6 is 0 Å². The minimum Gasteiger partial charge on any atom is -0.488 e. The molecule has 0 aromatic heterocycles. The Balaban J connectivity index is 2.37. The second-order valence-corrected chi connectivity index (χ2v) is 9.90. The highest BCUT2D eigenvalue weighted by atomic mass is 19.1. The van der Waals surface area contributed by atoms with Gasteiger partial charge >= 0.3 is 5.97 Å². The maximum atomic E-state index is 14.5. The SMILES string of the molecule is C/C=C\c1c(C(C)C)cc(C(C)C)c(C(=O)OC(C)C)c1-c1ccc(F)cc1OCc1ccccc1. The predicted octanol–water partition coefficient (Wildman–Crippen LogP) is 8.92. The van der Waals surface area contributed by atoms with Crippen molar-refractivity contribution in [2.75, 3.05) is 0 Å². The van der Waals surface area contributed by atoms with Crippen molar-refractivity contribution in [2.45, 2.75) is 73.0 Å². The molecule has 4 heteroatoms. The molecule has 0 spiro atoms. The molecule has 0 N–H and O–H groups in total. The van der Waals surface area contributed by atoms with Crippen molar-refractivity contribution in [1.82, 2.24) is 0 Å². The topological polar surface area (TPSA) is 35.5 Å². The van der Waals surface area contributed by atoms with Gasteiger partial charge in [0.25, 0.3) is 0 Å². The van der Waals surface area contributed by atoms with E-state index in [9.17, 15) is 9.18 Å². The summed E-state index contributed by atoms with van der Waals surface area (Å²) < 4.78 is 26.4. The van der Waals surface area contributed by atoms with Crippen molar-refractivity contribution in [3.05, 3.63) is 94.3 Å². The molecule has 36 heavy (non-hydrogen) atoms. The fourth-order valence-corrected chi connectivity index (χ4v) is 4.35. The maximum absolute atomic E-state index is 14.5. The van der Waals surface area contributed by atoms with E-state index in [1.807, 2.05) is 63.3 Å². The Morgan fingerprint density at radius 3 is 2.17 bits per heavy atom. The largest absolute Gasteiger partial charge is 0.488 e. The van der Waals surface area contributed by atoms with Crippen LogP contribution in [0.3, 0.4) is 0 Å². The molecule has 0 unspecified atom stereocenters. The van der Waals surface area contributed by atoms with E-state index in [4.69, 9.17) is 9.47 Å². The van der Waals surface area contributed by atoms with Gasteiger partial charge in [0.1, 0.15) is 18.2 Å². The molecule has 0 aliphatic carbocycles. The van der Waals surface area contributed by atoms with Crippen LogP contribution in [0.1, 0.15) is 92.9 Å². The van der Waals surface area contributed by atoms with Crippen LogP contribution in [-0.2, 0) is 11.3 Å². The Morgan fingerprint density at radius 2 is 1.58 bits per heavy atom. The third-order valence-electron chi connectivity index (χ3n) is 6.00. The van der Waals surface area contributed by atoms with E-state index in [1.165, 1.54) is 12.1 Å². The summed E-state index contributed by atoms with van der Waals surface area (Å²) in [5, 5.41) is 0. The summed E-state index contributed by atoms with van der Waals surface area (Å²) in [5.74, 6) is -0.117. The molecule has 0 fully saturated rings. The van der Waals surface area contributed by atoms with E-state index in [0.717, 1.165) is 27.8 Å². The molecule has 0 saturated carbocycles. The van der Waals surface area contributed by atoms with Crippen LogP contribution in [0.25, 0.3) is 17.2 Å².